The highest BCUT2D eigenvalue weighted by Gasteiger charge is 2.17. The Balaban J connectivity index is 1.83. The molecule has 0 N–H and O–H groups in total. The lowest BCUT2D eigenvalue weighted by atomic mass is 9.86. The fourth-order valence-corrected chi connectivity index (χ4v) is 4.42. The van der Waals surface area contributed by atoms with E-state index in [1.807, 2.05) is 18.2 Å². The summed E-state index contributed by atoms with van der Waals surface area (Å²) in [4.78, 5) is 0. The van der Waals surface area contributed by atoms with Crippen LogP contribution in [-0.4, -0.2) is 0 Å². The molecule has 0 saturated carbocycles. The van der Waals surface area contributed by atoms with E-state index in [-0.39, 0.29) is 32.7 Å². The Morgan fingerprint density at radius 2 is 1.00 bits per heavy atom. The van der Waals surface area contributed by atoms with Crippen LogP contribution >= 0.6 is 0 Å². The van der Waals surface area contributed by atoms with Crippen LogP contribution in [0.5, 0.6) is 0 Å². The predicted octanol–water partition coefficient (Wildman–Crippen LogP) is 9.23. The third kappa shape index (κ3) is 2.73. The zero-order valence-corrected chi connectivity index (χ0v) is 16.9. The average molecular weight is 434 g/mol. The molecule has 0 aliphatic heterocycles. The molecule has 154 valence electrons. The van der Waals surface area contributed by atoms with Crippen LogP contribution in [0.15, 0.2) is 125 Å². The molecule has 6 aromatic carbocycles. The molecular formula is C32H20O. The van der Waals surface area contributed by atoms with Gasteiger partial charge in [-0.15, -0.1) is 0 Å². The Morgan fingerprint density at radius 3 is 1.67 bits per heavy atom. The Morgan fingerprint density at radius 1 is 0.455 bits per heavy atom. The summed E-state index contributed by atoms with van der Waals surface area (Å²) in [6, 6.07) is 4.12. The molecule has 0 aliphatic carbocycles. The highest BCUT2D eigenvalue weighted by Crippen LogP contribution is 2.44. The zero-order chi connectivity index (χ0) is 33.1. The van der Waals surface area contributed by atoms with Crippen LogP contribution in [0.1, 0.15) is 17.8 Å². The molecular weight excluding hydrogens is 400 g/mol. The maximum absolute atomic E-state index is 9.04. The molecule has 0 saturated heterocycles. The summed E-state index contributed by atoms with van der Waals surface area (Å²) in [5, 5.41) is 0.816. The van der Waals surface area contributed by atoms with E-state index < -0.39 is 84.1 Å². The van der Waals surface area contributed by atoms with Crippen molar-refractivity contribution in [2.24, 2.45) is 0 Å². The van der Waals surface area contributed by atoms with Crippen molar-refractivity contribution in [2.75, 3.05) is 0 Å². The highest BCUT2D eigenvalue weighted by atomic mass is 16.3. The number of rotatable bonds is 2. The largest absolute Gasteiger partial charge is 0.456 e. The first-order chi connectivity index (χ1) is 21.8. The summed E-state index contributed by atoms with van der Waals surface area (Å²) >= 11 is 0. The quantitative estimate of drug-likeness (QED) is 0.248. The van der Waals surface area contributed by atoms with Crippen molar-refractivity contribution in [2.45, 2.75) is 0 Å². The van der Waals surface area contributed by atoms with E-state index in [2.05, 4.69) is 0 Å². The molecule has 0 atom stereocenters. The monoisotopic (exact) mass is 433 g/mol. The van der Waals surface area contributed by atoms with Crippen LogP contribution in [0.2, 0.25) is 0 Å². The molecule has 0 aliphatic rings. The second-order valence-corrected chi connectivity index (χ2v) is 7.56. The molecule has 0 unspecified atom stereocenters. The van der Waals surface area contributed by atoms with Gasteiger partial charge in [0.05, 0.1) is 17.8 Å². The maximum Gasteiger partial charge on any atom is 0.136 e. The van der Waals surface area contributed by atoms with E-state index in [4.69, 9.17) is 22.2 Å². The van der Waals surface area contributed by atoms with Crippen LogP contribution in [0.3, 0.4) is 0 Å². The minimum absolute atomic E-state index is 0.0578. The summed E-state index contributed by atoms with van der Waals surface area (Å²) in [5.74, 6) is 0. The van der Waals surface area contributed by atoms with Crippen molar-refractivity contribution in [1.82, 2.24) is 0 Å². The van der Waals surface area contributed by atoms with E-state index in [1.165, 1.54) is 0 Å². The molecule has 7 aromatic rings. The lowest BCUT2D eigenvalue weighted by Gasteiger charge is -2.17. The van der Waals surface area contributed by atoms with E-state index >= 15 is 0 Å². The van der Waals surface area contributed by atoms with Gasteiger partial charge in [0.2, 0.25) is 0 Å². The number of hydrogen-bond acceptors (Lipinski definition) is 1. The van der Waals surface area contributed by atoms with Gasteiger partial charge in [0.15, 0.2) is 0 Å². The molecule has 33 heavy (non-hydrogen) atoms. The summed E-state index contributed by atoms with van der Waals surface area (Å²) in [6.07, 6.45) is 0. The van der Waals surface area contributed by atoms with Gasteiger partial charge in [0.25, 0.3) is 0 Å². The lowest BCUT2D eigenvalue weighted by Crippen LogP contribution is -1.90. The molecule has 1 nitrogen and oxygen atoms in total. The number of hydrogen-bond donors (Lipinski definition) is 0. The SMILES string of the molecule is [2H]c1c([2H])c([2H])c(-c2c3c([2H])c([2H])c([2H])c([2H])c3c(-c3ccc4c(c3)oc3ccccc34)c3c([2H])c([2H])c([2H])c([2H])c23)c([2H])c1[2H]. The Labute approximate surface area is 209 Å². The smallest absolute Gasteiger partial charge is 0.136 e. The van der Waals surface area contributed by atoms with Crippen molar-refractivity contribution in [3.63, 3.8) is 0 Å². The fourth-order valence-electron chi connectivity index (χ4n) is 4.42. The Bertz CT molecular complexity index is 2410. The van der Waals surface area contributed by atoms with Gasteiger partial charge in [0, 0.05) is 10.8 Å². The summed E-state index contributed by atoms with van der Waals surface area (Å²) in [5.41, 5.74) is 0.651. The van der Waals surface area contributed by atoms with Crippen LogP contribution in [0, 0.1) is 0 Å². The van der Waals surface area contributed by atoms with Crippen molar-refractivity contribution in [3.8, 4) is 22.3 Å². The average Bonchev–Trinajstić information content (AvgIpc) is 3.43. The van der Waals surface area contributed by atoms with Gasteiger partial charge in [-0.25, -0.2) is 0 Å². The number of furan rings is 1. The van der Waals surface area contributed by atoms with E-state index in [9.17, 15) is 0 Å². The summed E-state index contributed by atoms with van der Waals surface area (Å²) in [7, 11) is 0. The number of para-hydroxylation sites is 1. The minimum atomic E-state index is -0.710. The molecule has 0 fully saturated rings. The standard InChI is InChI=1S/C32H20O/c1-2-10-21(11-3-1)31-25-13-4-6-15-27(25)32(28-16-7-5-14-26(28)31)22-18-19-24-23-12-8-9-17-29(23)33-30(24)20-22/h1-20H/i1D,2D,3D,4D,5D,6D,7D,10D,11D,13D,14D,15D,16D. The van der Waals surface area contributed by atoms with Gasteiger partial charge in [-0.2, -0.15) is 0 Å². The molecule has 1 aromatic heterocycles. The van der Waals surface area contributed by atoms with Gasteiger partial charge in [-0.1, -0.05) is 103 Å². The molecule has 0 bridgehead atoms. The Hall–Kier alpha value is -4.36. The van der Waals surface area contributed by atoms with Gasteiger partial charge in [-0.05, 0) is 62.0 Å². The molecule has 0 amide bonds. The summed E-state index contributed by atoms with van der Waals surface area (Å²) < 4.78 is 119. The predicted molar refractivity (Wildman–Crippen MR) is 140 cm³/mol. The summed E-state index contributed by atoms with van der Waals surface area (Å²) in [6.45, 7) is 0. The second-order valence-electron chi connectivity index (χ2n) is 7.56. The first-order valence-electron chi connectivity index (χ1n) is 16.7. The topological polar surface area (TPSA) is 13.1 Å². The van der Waals surface area contributed by atoms with Gasteiger partial charge < -0.3 is 4.42 Å². The molecule has 0 radical (unpaired) electrons. The number of benzene rings is 6. The van der Waals surface area contributed by atoms with Gasteiger partial charge >= 0.3 is 0 Å². The van der Waals surface area contributed by atoms with Crippen molar-refractivity contribution in [3.05, 3.63) is 121 Å². The van der Waals surface area contributed by atoms with Gasteiger partial charge in [0.1, 0.15) is 11.2 Å². The van der Waals surface area contributed by atoms with E-state index in [0.717, 1.165) is 10.8 Å². The van der Waals surface area contributed by atoms with Crippen LogP contribution < -0.4 is 0 Å². The van der Waals surface area contributed by atoms with Crippen molar-refractivity contribution >= 4 is 43.5 Å². The van der Waals surface area contributed by atoms with Crippen LogP contribution in [0.4, 0.5) is 0 Å². The fraction of sp³-hybridized carbons (Fsp3) is 0. The third-order valence-corrected chi connectivity index (χ3v) is 5.79. The van der Waals surface area contributed by atoms with Crippen molar-refractivity contribution < 1.29 is 22.2 Å². The van der Waals surface area contributed by atoms with Gasteiger partial charge in [-0.3, -0.25) is 0 Å². The highest BCUT2D eigenvalue weighted by molar-refractivity contribution is 6.22. The molecule has 1 heteroatoms. The van der Waals surface area contributed by atoms with E-state index in [0.29, 0.717) is 16.7 Å². The molecule has 7 rings (SSSR count). The molecule has 1 heterocycles. The normalized spacial score (nSPS) is 17.2. The van der Waals surface area contributed by atoms with Crippen molar-refractivity contribution in [1.29, 1.82) is 0 Å². The Kier molecular flexibility index (Phi) is 2.07. The third-order valence-electron chi connectivity index (χ3n) is 5.79. The minimum Gasteiger partial charge on any atom is -0.456 e. The van der Waals surface area contributed by atoms with Crippen LogP contribution in [0.25, 0.3) is 65.7 Å². The zero-order valence-electron chi connectivity index (χ0n) is 29.9. The molecule has 0 spiro atoms. The second kappa shape index (κ2) is 7.08. The van der Waals surface area contributed by atoms with E-state index in [1.54, 1.807) is 24.3 Å². The first-order valence-corrected chi connectivity index (χ1v) is 10.2. The maximum atomic E-state index is 9.04. The lowest BCUT2D eigenvalue weighted by molar-refractivity contribution is 0.669. The first kappa shape index (κ1) is 9.64. The van der Waals surface area contributed by atoms with Crippen LogP contribution in [-0.2, 0) is 0 Å². The number of fused-ring (bicyclic) bond motifs is 5.